The average Bonchev–Trinajstić information content (AvgIpc) is 2.79. The summed E-state index contributed by atoms with van der Waals surface area (Å²) in [6, 6.07) is 0.681. The van der Waals surface area contributed by atoms with Crippen LogP contribution in [0.1, 0.15) is 26.0 Å². The maximum absolute atomic E-state index is 4.25. The second-order valence-electron chi connectivity index (χ2n) is 5.07. The van der Waals surface area contributed by atoms with Crippen LogP contribution in [0.25, 0.3) is 0 Å². The van der Waals surface area contributed by atoms with Crippen LogP contribution < -0.4 is 5.32 Å². The van der Waals surface area contributed by atoms with Gasteiger partial charge in [0.05, 0.1) is 5.69 Å². The lowest BCUT2D eigenvalue weighted by molar-refractivity contribution is 0.264. The van der Waals surface area contributed by atoms with E-state index in [1.165, 1.54) is 19.5 Å². The van der Waals surface area contributed by atoms with Crippen LogP contribution >= 0.6 is 0 Å². The number of nitrogens with one attached hydrogen (secondary N) is 1. The molecule has 1 aromatic rings. The maximum Gasteiger partial charge on any atom is 0.0724 e. The Hall–Kier alpha value is -1.00. The molecule has 1 aliphatic rings. The zero-order chi connectivity index (χ0) is 12.1. The van der Waals surface area contributed by atoms with Crippen molar-refractivity contribution in [3.63, 3.8) is 0 Å². The Morgan fingerprint density at radius 3 is 3.00 bits per heavy atom. The lowest BCUT2D eigenvalue weighted by Gasteiger charge is -2.20. The minimum atomic E-state index is 0.681. The molecule has 1 saturated heterocycles. The molecule has 0 radical (unpaired) electrons. The van der Waals surface area contributed by atoms with Crippen molar-refractivity contribution in [3.8, 4) is 0 Å². The molecule has 17 heavy (non-hydrogen) atoms. The average molecular weight is 234 g/mol. The van der Waals surface area contributed by atoms with E-state index in [9.17, 15) is 0 Å². The van der Waals surface area contributed by atoms with Gasteiger partial charge in [0, 0.05) is 37.7 Å². The van der Waals surface area contributed by atoms with Crippen molar-refractivity contribution in [2.24, 2.45) is 5.92 Å². The first-order valence-corrected chi connectivity index (χ1v) is 6.45. The van der Waals surface area contributed by atoms with Crippen LogP contribution in [0.3, 0.4) is 0 Å². The number of likely N-dealkylation sites (tertiary alicyclic amines) is 1. The van der Waals surface area contributed by atoms with E-state index in [2.05, 4.69) is 34.0 Å². The lowest BCUT2D eigenvalue weighted by atomic mass is 10.1. The third-order valence-corrected chi connectivity index (χ3v) is 3.40. The van der Waals surface area contributed by atoms with Crippen molar-refractivity contribution in [1.82, 2.24) is 20.2 Å². The van der Waals surface area contributed by atoms with Crippen molar-refractivity contribution in [2.75, 3.05) is 19.6 Å². The molecule has 0 aliphatic carbocycles. The molecule has 0 aromatic carbocycles. The normalized spacial score (nSPS) is 21.2. The van der Waals surface area contributed by atoms with Gasteiger partial charge in [-0.3, -0.25) is 9.97 Å². The van der Waals surface area contributed by atoms with E-state index in [1.54, 1.807) is 12.4 Å². The Morgan fingerprint density at radius 1 is 1.47 bits per heavy atom. The van der Waals surface area contributed by atoms with Gasteiger partial charge in [-0.15, -0.1) is 0 Å². The van der Waals surface area contributed by atoms with Gasteiger partial charge in [0.25, 0.3) is 0 Å². The van der Waals surface area contributed by atoms with Crippen LogP contribution in [-0.4, -0.2) is 40.5 Å². The first kappa shape index (κ1) is 12.5. The van der Waals surface area contributed by atoms with Gasteiger partial charge in [-0.1, -0.05) is 0 Å². The van der Waals surface area contributed by atoms with Gasteiger partial charge in [-0.05, 0) is 39.3 Å². The van der Waals surface area contributed by atoms with Gasteiger partial charge < -0.3 is 10.2 Å². The summed E-state index contributed by atoms with van der Waals surface area (Å²) < 4.78 is 0. The molecule has 0 bridgehead atoms. The van der Waals surface area contributed by atoms with Crippen molar-refractivity contribution in [1.29, 1.82) is 0 Å². The Bertz CT molecular complexity index is 325. The molecular formula is C13H22N4. The molecule has 0 amide bonds. The van der Waals surface area contributed by atoms with E-state index in [0.29, 0.717) is 6.04 Å². The van der Waals surface area contributed by atoms with Crippen LogP contribution in [0.2, 0.25) is 0 Å². The van der Waals surface area contributed by atoms with Crippen LogP contribution in [-0.2, 0) is 6.54 Å². The van der Waals surface area contributed by atoms with E-state index >= 15 is 0 Å². The summed E-state index contributed by atoms with van der Waals surface area (Å²) >= 11 is 0. The Morgan fingerprint density at radius 2 is 2.35 bits per heavy atom. The highest BCUT2D eigenvalue weighted by molar-refractivity contribution is 4.93. The number of rotatable bonds is 5. The molecule has 1 unspecified atom stereocenters. The molecule has 4 heteroatoms. The molecule has 0 saturated carbocycles. The Kier molecular flexibility index (Phi) is 4.45. The number of hydrogen-bond donors (Lipinski definition) is 1. The summed E-state index contributed by atoms with van der Waals surface area (Å²) in [5.41, 5.74) is 1.02. The first-order valence-electron chi connectivity index (χ1n) is 6.45. The van der Waals surface area contributed by atoms with Gasteiger partial charge in [0.2, 0.25) is 0 Å². The van der Waals surface area contributed by atoms with Crippen LogP contribution in [0.5, 0.6) is 0 Å². The highest BCUT2D eigenvalue weighted by atomic mass is 15.2. The Balaban J connectivity index is 1.67. The van der Waals surface area contributed by atoms with Gasteiger partial charge in [0.1, 0.15) is 0 Å². The van der Waals surface area contributed by atoms with Crippen LogP contribution in [0, 0.1) is 5.92 Å². The molecule has 2 rings (SSSR count). The zero-order valence-electron chi connectivity index (χ0n) is 10.8. The second-order valence-corrected chi connectivity index (χ2v) is 5.07. The molecule has 1 N–H and O–H groups in total. The third-order valence-electron chi connectivity index (χ3n) is 3.40. The van der Waals surface area contributed by atoms with Crippen molar-refractivity contribution in [3.05, 3.63) is 24.3 Å². The van der Waals surface area contributed by atoms with Crippen LogP contribution in [0.15, 0.2) is 18.6 Å². The third kappa shape index (κ3) is 3.75. The molecule has 1 fully saturated rings. The van der Waals surface area contributed by atoms with Crippen molar-refractivity contribution >= 4 is 0 Å². The van der Waals surface area contributed by atoms with E-state index in [0.717, 1.165) is 24.7 Å². The summed E-state index contributed by atoms with van der Waals surface area (Å²) in [5, 5.41) is 3.47. The molecule has 2 heterocycles. The lowest BCUT2D eigenvalue weighted by Crippen LogP contribution is -2.30. The molecule has 1 atom stereocenters. The quantitative estimate of drug-likeness (QED) is 0.833. The number of hydrogen-bond acceptors (Lipinski definition) is 4. The minimum absolute atomic E-state index is 0.681. The summed E-state index contributed by atoms with van der Waals surface area (Å²) in [7, 11) is 0. The SMILES string of the molecule is CC(C)N1CCC(CNCc2cnccn2)C1. The Labute approximate surface area is 103 Å². The second kappa shape index (κ2) is 6.07. The fourth-order valence-corrected chi connectivity index (χ4v) is 2.32. The summed E-state index contributed by atoms with van der Waals surface area (Å²) in [6.07, 6.45) is 6.59. The van der Waals surface area contributed by atoms with E-state index in [1.807, 2.05) is 6.20 Å². The van der Waals surface area contributed by atoms with Crippen molar-refractivity contribution in [2.45, 2.75) is 32.9 Å². The molecule has 0 spiro atoms. The van der Waals surface area contributed by atoms with Gasteiger partial charge in [0.15, 0.2) is 0 Å². The van der Waals surface area contributed by atoms with E-state index < -0.39 is 0 Å². The predicted octanol–water partition coefficient (Wildman–Crippen LogP) is 1.30. The highest BCUT2D eigenvalue weighted by Crippen LogP contribution is 2.17. The fraction of sp³-hybridized carbons (Fsp3) is 0.692. The number of aromatic nitrogens is 2. The van der Waals surface area contributed by atoms with Gasteiger partial charge in [-0.2, -0.15) is 0 Å². The van der Waals surface area contributed by atoms with Crippen LogP contribution in [0.4, 0.5) is 0 Å². The number of nitrogens with zero attached hydrogens (tertiary/aromatic N) is 3. The van der Waals surface area contributed by atoms with Gasteiger partial charge in [-0.25, -0.2) is 0 Å². The summed E-state index contributed by atoms with van der Waals surface area (Å²) in [5.74, 6) is 0.786. The largest absolute Gasteiger partial charge is 0.311 e. The highest BCUT2D eigenvalue weighted by Gasteiger charge is 2.23. The molecular weight excluding hydrogens is 212 g/mol. The summed E-state index contributed by atoms with van der Waals surface area (Å²) in [4.78, 5) is 10.9. The molecule has 1 aliphatic heterocycles. The molecule has 94 valence electrons. The summed E-state index contributed by atoms with van der Waals surface area (Å²) in [6.45, 7) is 8.93. The topological polar surface area (TPSA) is 41.0 Å². The zero-order valence-corrected chi connectivity index (χ0v) is 10.8. The first-order chi connectivity index (χ1) is 8.25. The van der Waals surface area contributed by atoms with E-state index in [4.69, 9.17) is 0 Å². The van der Waals surface area contributed by atoms with E-state index in [-0.39, 0.29) is 0 Å². The smallest absolute Gasteiger partial charge is 0.0724 e. The minimum Gasteiger partial charge on any atom is -0.311 e. The standard InChI is InChI=1S/C13H22N4/c1-11(2)17-6-3-12(10-17)7-15-9-13-8-14-4-5-16-13/h4-5,8,11-12,15H,3,6-7,9-10H2,1-2H3. The fourth-order valence-electron chi connectivity index (χ4n) is 2.32. The monoisotopic (exact) mass is 234 g/mol. The molecule has 1 aromatic heterocycles. The molecule has 4 nitrogen and oxygen atoms in total. The van der Waals surface area contributed by atoms with Crippen molar-refractivity contribution < 1.29 is 0 Å². The predicted molar refractivity (Wildman–Crippen MR) is 68.6 cm³/mol. The maximum atomic E-state index is 4.25. The van der Waals surface area contributed by atoms with Gasteiger partial charge >= 0.3 is 0 Å².